The van der Waals surface area contributed by atoms with E-state index in [0.717, 1.165) is 12.8 Å². The van der Waals surface area contributed by atoms with Gasteiger partial charge in [0.1, 0.15) is 5.75 Å². The lowest BCUT2D eigenvalue weighted by molar-refractivity contribution is -0.142. The number of amides is 1. The molecule has 132 valence electrons. The predicted octanol–water partition coefficient (Wildman–Crippen LogP) is 2.75. The molecule has 7 heteroatoms. The number of nitrogens with zero attached hydrogens (tertiary/aromatic N) is 1. The topological polar surface area (TPSA) is 77.5 Å². The molecule has 2 aromatic rings. The SMILES string of the molecule is CCOC(=O)Cc1csc(NC(=O)COc2ccc3c(c2)CCC3)n1. The minimum Gasteiger partial charge on any atom is -0.484 e. The lowest BCUT2D eigenvalue weighted by Gasteiger charge is -2.07. The lowest BCUT2D eigenvalue weighted by Crippen LogP contribution is -2.20. The maximum absolute atomic E-state index is 12.0. The number of rotatable bonds is 7. The van der Waals surface area contributed by atoms with Crippen molar-refractivity contribution in [3.8, 4) is 5.75 Å². The zero-order chi connectivity index (χ0) is 17.6. The molecule has 0 spiro atoms. The van der Waals surface area contributed by atoms with Crippen LogP contribution in [0.2, 0.25) is 0 Å². The Kier molecular flexibility index (Phi) is 5.65. The molecule has 3 rings (SSSR count). The summed E-state index contributed by atoms with van der Waals surface area (Å²) in [5.41, 5.74) is 3.26. The molecular formula is C18H20N2O4S. The molecule has 6 nitrogen and oxygen atoms in total. The Morgan fingerprint density at radius 1 is 1.28 bits per heavy atom. The van der Waals surface area contributed by atoms with Crippen molar-refractivity contribution in [2.24, 2.45) is 0 Å². The number of benzene rings is 1. The van der Waals surface area contributed by atoms with Crippen LogP contribution in [0.3, 0.4) is 0 Å². The summed E-state index contributed by atoms with van der Waals surface area (Å²) in [6.45, 7) is 2.02. The molecule has 1 aliphatic carbocycles. The maximum atomic E-state index is 12.0. The Bertz CT molecular complexity index is 772. The van der Waals surface area contributed by atoms with Crippen molar-refractivity contribution in [2.75, 3.05) is 18.5 Å². The van der Waals surface area contributed by atoms with Gasteiger partial charge >= 0.3 is 5.97 Å². The highest BCUT2D eigenvalue weighted by molar-refractivity contribution is 7.13. The smallest absolute Gasteiger partial charge is 0.311 e. The van der Waals surface area contributed by atoms with Crippen molar-refractivity contribution >= 4 is 28.3 Å². The van der Waals surface area contributed by atoms with Crippen LogP contribution in [0.1, 0.15) is 30.2 Å². The van der Waals surface area contributed by atoms with E-state index >= 15 is 0 Å². The fourth-order valence-corrected chi connectivity index (χ4v) is 3.47. The van der Waals surface area contributed by atoms with E-state index in [-0.39, 0.29) is 24.9 Å². The van der Waals surface area contributed by atoms with Crippen LogP contribution in [0.4, 0.5) is 5.13 Å². The largest absolute Gasteiger partial charge is 0.484 e. The van der Waals surface area contributed by atoms with E-state index in [2.05, 4.69) is 16.4 Å². The first-order valence-electron chi connectivity index (χ1n) is 8.28. The molecule has 0 bridgehead atoms. The van der Waals surface area contributed by atoms with E-state index in [9.17, 15) is 9.59 Å². The normalized spacial score (nSPS) is 12.5. The average molecular weight is 360 g/mol. The first kappa shape index (κ1) is 17.4. The van der Waals surface area contributed by atoms with Crippen LogP contribution in [0.25, 0.3) is 0 Å². The van der Waals surface area contributed by atoms with Gasteiger partial charge in [-0.2, -0.15) is 0 Å². The summed E-state index contributed by atoms with van der Waals surface area (Å²) < 4.78 is 10.4. The second kappa shape index (κ2) is 8.11. The molecule has 1 amide bonds. The van der Waals surface area contributed by atoms with Crippen LogP contribution >= 0.6 is 11.3 Å². The van der Waals surface area contributed by atoms with Crippen molar-refractivity contribution in [1.29, 1.82) is 0 Å². The highest BCUT2D eigenvalue weighted by atomic mass is 32.1. The number of carbonyl (C=O) groups excluding carboxylic acids is 2. The van der Waals surface area contributed by atoms with Crippen LogP contribution in [0.5, 0.6) is 5.75 Å². The molecule has 1 N–H and O–H groups in total. The third-order valence-corrected chi connectivity index (χ3v) is 4.68. The highest BCUT2D eigenvalue weighted by Gasteiger charge is 2.13. The summed E-state index contributed by atoms with van der Waals surface area (Å²) in [5, 5.41) is 4.86. The molecule has 1 aromatic carbocycles. The number of carbonyl (C=O) groups is 2. The van der Waals surface area contributed by atoms with E-state index in [0.29, 0.717) is 23.2 Å². The molecule has 0 unspecified atom stereocenters. The molecule has 1 aliphatic rings. The van der Waals surface area contributed by atoms with Gasteiger partial charge < -0.3 is 9.47 Å². The number of hydrogen-bond donors (Lipinski definition) is 1. The number of thiazole rings is 1. The number of aryl methyl sites for hydroxylation is 2. The van der Waals surface area contributed by atoms with Gasteiger partial charge in [-0.1, -0.05) is 6.07 Å². The molecule has 25 heavy (non-hydrogen) atoms. The Morgan fingerprint density at radius 3 is 2.96 bits per heavy atom. The summed E-state index contributed by atoms with van der Waals surface area (Å²) in [6, 6.07) is 5.98. The van der Waals surface area contributed by atoms with Gasteiger partial charge in [0.15, 0.2) is 11.7 Å². The van der Waals surface area contributed by atoms with Gasteiger partial charge in [-0.15, -0.1) is 11.3 Å². The van der Waals surface area contributed by atoms with Gasteiger partial charge in [-0.25, -0.2) is 4.98 Å². The monoisotopic (exact) mass is 360 g/mol. The van der Waals surface area contributed by atoms with Crippen LogP contribution < -0.4 is 10.1 Å². The van der Waals surface area contributed by atoms with E-state index in [1.54, 1.807) is 12.3 Å². The van der Waals surface area contributed by atoms with Crippen LogP contribution in [-0.2, 0) is 33.6 Å². The van der Waals surface area contributed by atoms with Crippen molar-refractivity contribution in [1.82, 2.24) is 4.98 Å². The van der Waals surface area contributed by atoms with E-state index < -0.39 is 0 Å². The fourth-order valence-electron chi connectivity index (χ4n) is 2.75. The Hall–Kier alpha value is -2.41. The van der Waals surface area contributed by atoms with Crippen LogP contribution in [-0.4, -0.2) is 30.1 Å². The number of ether oxygens (including phenoxy) is 2. The molecule has 0 saturated heterocycles. The zero-order valence-electron chi connectivity index (χ0n) is 14.0. The second-order valence-corrected chi connectivity index (χ2v) is 6.60. The van der Waals surface area contributed by atoms with Crippen LogP contribution in [0, 0.1) is 0 Å². The molecule has 0 saturated carbocycles. The maximum Gasteiger partial charge on any atom is 0.311 e. The molecule has 0 radical (unpaired) electrons. The Labute approximate surface area is 150 Å². The lowest BCUT2D eigenvalue weighted by atomic mass is 10.1. The first-order chi connectivity index (χ1) is 12.1. The fraction of sp³-hybridized carbons (Fsp3) is 0.389. The molecule has 0 atom stereocenters. The van der Waals surface area contributed by atoms with E-state index in [1.165, 1.54) is 28.9 Å². The number of hydrogen-bond acceptors (Lipinski definition) is 6. The molecule has 0 aliphatic heterocycles. The summed E-state index contributed by atoms with van der Waals surface area (Å²) in [4.78, 5) is 27.6. The van der Waals surface area contributed by atoms with Gasteiger partial charge in [-0.3, -0.25) is 14.9 Å². The standard InChI is InChI=1S/C18H20N2O4S/c1-2-23-17(22)9-14-11-25-18(19-14)20-16(21)10-24-15-7-6-12-4-3-5-13(12)8-15/h6-8,11H,2-5,9-10H2,1H3,(H,19,20,21). The van der Waals surface area contributed by atoms with Crippen molar-refractivity contribution < 1.29 is 19.1 Å². The Balaban J connectivity index is 1.48. The predicted molar refractivity (Wildman–Crippen MR) is 95.0 cm³/mol. The molecule has 0 fully saturated rings. The first-order valence-corrected chi connectivity index (χ1v) is 9.16. The van der Waals surface area contributed by atoms with Gasteiger partial charge in [-0.05, 0) is 49.4 Å². The summed E-state index contributed by atoms with van der Waals surface area (Å²) in [5.74, 6) is 0.0982. The number of aromatic nitrogens is 1. The highest BCUT2D eigenvalue weighted by Crippen LogP contribution is 2.26. The molecule has 1 aromatic heterocycles. The third-order valence-electron chi connectivity index (χ3n) is 3.87. The van der Waals surface area contributed by atoms with Crippen molar-refractivity contribution in [2.45, 2.75) is 32.6 Å². The second-order valence-electron chi connectivity index (χ2n) is 5.75. The van der Waals surface area contributed by atoms with E-state index in [1.807, 2.05) is 12.1 Å². The third kappa shape index (κ3) is 4.79. The van der Waals surface area contributed by atoms with Crippen molar-refractivity contribution in [3.05, 3.63) is 40.4 Å². The quantitative estimate of drug-likeness (QED) is 0.768. The summed E-state index contributed by atoms with van der Waals surface area (Å²) >= 11 is 1.27. The number of esters is 1. The van der Waals surface area contributed by atoms with Gasteiger partial charge in [0.05, 0.1) is 18.7 Å². The Morgan fingerprint density at radius 2 is 2.12 bits per heavy atom. The van der Waals surface area contributed by atoms with Crippen molar-refractivity contribution in [3.63, 3.8) is 0 Å². The number of anilines is 1. The zero-order valence-corrected chi connectivity index (χ0v) is 14.9. The minimum atomic E-state index is -0.328. The van der Waals surface area contributed by atoms with Crippen LogP contribution in [0.15, 0.2) is 23.6 Å². The van der Waals surface area contributed by atoms with Gasteiger partial charge in [0.2, 0.25) is 0 Å². The molecule has 1 heterocycles. The number of fused-ring (bicyclic) bond motifs is 1. The van der Waals surface area contributed by atoms with E-state index in [4.69, 9.17) is 9.47 Å². The average Bonchev–Trinajstić information content (AvgIpc) is 3.22. The number of nitrogens with one attached hydrogen (secondary N) is 1. The van der Waals surface area contributed by atoms with Gasteiger partial charge in [0, 0.05) is 5.38 Å². The van der Waals surface area contributed by atoms with Gasteiger partial charge in [0.25, 0.3) is 5.91 Å². The summed E-state index contributed by atoms with van der Waals surface area (Å²) in [7, 11) is 0. The molecular weight excluding hydrogens is 340 g/mol. The summed E-state index contributed by atoms with van der Waals surface area (Å²) in [6.07, 6.45) is 3.47. The minimum absolute atomic E-state index is 0.0778.